The second-order valence-electron chi connectivity index (χ2n) is 3.93. The first kappa shape index (κ1) is 9.68. The summed E-state index contributed by atoms with van der Waals surface area (Å²) in [4.78, 5) is 7.19. The fourth-order valence-corrected chi connectivity index (χ4v) is 1.99. The van der Waals surface area contributed by atoms with Crippen LogP contribution in [0, 0.1) is 0 Å². The number of aromatic nitrogens is 2. The van der Waals surface area contributed by atoms with Gasteiger partial charge in [-0.1, -0.05) is 0 Å². The molecule has 78 valence electrons. The Bertz CT molecular complexity index is 260. The molecule has 0 spiro atoms. The third kappa shape index (κ3) is 2.56. The number of aliphatic hydroxyl groups excluding tert-OH is 1. The molecule has 0 radical (unpaired) electrons. The number of nitrogens with zero attached hydrogens (tertiary/aromatic N) is 1. The number of hydrogen-bond acceptors (Lipinski definition) is 3. The molecule has 1 aliphatic carbocycles. The van der Waals surface area contributed by atoms with Gasteiger partial charge in [-0.25, -0.2) is 4.98 Å². The second-order valence-corrected chi connectivity index (χ2v) is 3.93. The van der Waals surface area contributed by atoms with Crippen LogP contribution in [0.25, 0.3) is 0 Å². The highest BCUT2D eigenvalue weighted by Gasteiger charge is 2.19. The van der Waals surface area contributed by atoms with Crippen LogP contribution in [0.5, 0.6) is 0 Å². The van der Waals surface area contributed by atoms with Crippen LogP contribution in [0.2, 0.25) is 0 Å². The van der Waals surface area contributed by atoms with Crippen molar-refractivity contribution in [3.8, 4) is 0 Å². The standard InChI is InChI=1S/C10H17N3O/c14-9-3-1-2-8(6-9)13-7-10-11-4-5-12-10/h4-5,8-9,13-14H,1-3,6-7H2,(H,11,12). The zero-order valence-electron chi connectivity index (χ0n) is 8.24. The van der Waals surface area contributed by atoms with Gasteiger partial charge < -0.3 is 15.4 Å². The average Bonchev–Trinajstić information content (AvgIpc) is 2.67. The van der Waals surface area contributed by atoms with E-state index in [0.29, 0.717) is 6.04 Å². The second kappa shape index (κ2) is 4.57. The maximum absolute atomic E-state index is 9.47. The minimum Gasteiger partial charge on any atom is -0.393 e. The van der Waals surface area contributed by atoms with Crippen molar-refractivity contribution in [3.63, 3.8) is 0 Å². The summed E-state index contributed by atoms with van der Waals surface area (Å²) >= 11 is 0. The average molecular weight is 195 g/mol. The first-order chi connectivity index (χ1) is 6.84. The first-order valence-corrected chi connectivity index (χ1v) is 5.24. The number of nitrogens with one attached hydrogen (secondary N) is 2. The van der Waals surface area contributed by atoms with Gasteiger partial charge in [-0.2, -0.15) is 0 Å². The molecule has 0 aliphatic heterocycles. The summed E-state index contributed by atoms with van der Waals surface area (Å²) in [6.45, 7) is 0.768. The van der Waals surface area contributed by atoms with Crippen molar-refractivity contribution in [1.82, 2.24) is 15.3 Å². The molecular weight excluding hydrogens is 178 g/mol. The molecule has 0 aromatic carbocycles. The number of aliphatic hydroxyl groups is 1. The van der Waals surface area contributed by atoms with Gasteiger partial charge in [0.1, 0.15) is 5.82 Å². The van der Waals surface area contributed by atoms with Crippen molar-refractivity contribution in [2.24, 2.45) is 0 Å². The molecule has 3 N–H and O–H groups in total. The van der Waals surface area contributed by atoms with E-state index in [2.05, 4.69) is 15.3 Å². The van der Waals surface area contributed by atoms with Crippen molar-refractivity contribution < 1.29 is 5.11 Å². The molecule has 1 fully saturated rings. The fraction of sp³-hybridized carbons (Fsp3) is 0.700. The molecule has 2 unspecified atom stereocenters. The number of hydrogen-bond donors (Lipinski definition) is 3. The molecule has 0 saturated heterocycles. The predicted octanol–water partition coefficient (Wildman–Crippen LogP) is 0.803. The van der Waals surface area contributed by atoms with Gasteiger partial charge in [0.05, 0.1) is 12.6 Å². The van der Waals surface area contributed by atoms with E-state index in [0.717, 1.165) is 38.1 Å². The Morgan fingerprint density at radius 3 is 3.21 bits per heavy atom. The van der Waals surface area contributed by atoms with Gasteiger partial charge in [-0.15, -0.1) is 0 Å². The van der Waals surface area contributed by atoms with Crippen LogP contribution < -0.4 is 5.32 Å². The van der Waals surface area contributed by atoms with E-state index in [4.69, 9.17) is 0 Å². The van der Waals surface area contributed by atoms with Crippen LogP contribution in [-0.2, 0) is 6.54 Å². The van der Waals surface area contributed by atoms with E-state index < -0.39 is 0 Å². The lowest BCUT2D eigenvalue weighted by Crippen LogP contribution is -2.35. The van der Waals surface area contributed by atoms with Crippen molar-refractivity contribution in [2.75, 3.05) is 0 Å². The minimum atomic E-state index is -0.113. The predicted molar refractivity (Wildman–Crippen MR) is 53.7 cm³/mol. The number of H-pyrrole nitrogens is 1. The van der Waals surface area contributed by atoms with E-state index in [1.807, 2.05) is 6.20 Å². The molecule has 0 amide bonds. The maximum Gasteiger partial charge on any atom is 0.120 e. The molecule has 1 aromatic rings. The van der Waals surface area contributed by atoms with Gasteiger partial charge >= 0.3 is 0 Å². The molecule has 4 nitrogen and oxygen atoms in total. The Kier molecular flexibility index (Phi) is 3.16. The van der Waals surface area contributed by atoms with E-state index in [9.17, 15) is 5.11 Å². The zero-order valence-corrected chi connectivity index (χ0v) is 8.24. The molecule has 1 aromatic heterocycles. The topological polar surface area (TPSA) is 60.9 Å². The van der Waals surface area contributed by atoms with Crippen LogP contribution in [0.3, 0.4) is 0 Å². The normalized spacial score (nSPS) is 27.8. The largest absolute Gasteiger partial charge is 0.393 e. The molecule has 4 heteroatoms. The van der Waals surface area contributed by atoms with Gasteiger partial charge in [0.2, 0.25) is 0 Å². The van der Waals surface area contributed by atoms with Crippen molar-refractivity contribution in [3.05, 3.63) is 18.2 Å². The quantitative estimate of drug-likeness (QED) is 0.668. The summed E-state index contributed by atoms with van der Waals surface area (Å²) in [5.41, 5.74) is 0. The Labute approximate surface area is 83.8 Å². The summed E-state index contributed by atoms with van der Waals surface area (Å²) in [6, 6.07) is 0.448. The number of rotatable bonds is 3. The highest BCUT2D eigenvalue weighted by molar-refractivity contribution is 4.87. The van der Waals surface area contributed by atoms with Crippen LogP contribution in [-0.4, -0.2) is 27.2 Å². The highest BCUT2D eigenvalue weighted by atomic mass is 16.3. The molecular formula is C10H17N3O. The lowest BCUT2D eigenvalue weighted by atomic mass is 9.93. The maximum atomic E-state index is 9.47. The van der Waals surface area contributed by atoms with Crippen LogP contribution in [0.15, 0.2) is 12.4 Å². The molecule has 0 bridgehead atoms. The molecule has 1 saturated carbocycles. The molecule has 1 aliphatic rings. The van der Waals surface area contributed by atoms with E-state index in [-0.39, 0.29) is 6.10 Å². The fourth-order valence-electron chi connectivity index (χ4n) is 1.99. The summed E-state index contributed by atoms with van der Waals surface area (Å²) in [7, 11) is 0. The SMILES string of the molecule is OC1CCCC(NCc2ncc[nH]2)C1. The van der Waals surface area contributed by atoms with E-state index >= 15 is 0 Å². The Morgan fingerprint density at radius 2 is 2.50 bits per heavy atom. The van der Waals surface area contributed by atoms with Crippen molar-refractivity contribution in [1.29, 1.82) is 0 Å². The smallest absolute Gasteiger partial charge is 0.120 e. The van der Waals surface area contributed by atoms with Gasteiger partial charge in [-0.05, 0) is 25.7 Å². The van der Waals surface area contributed by atoms with Gasteiger partial charge in [0, 0.05) is 18.4 Å². The summed E-state index contributed by atoms with van der Waals surface area (Å²) in [5.74, 6) is 0.963. The monoisotopic (exact) mass is 195 g/mol. The van der Waals surface area contributed by atoms with Crippen LogP contribution in [0.4, 0.5) is 0 Å². The van der Waals surface area contributed by atoms with Crippen molar-refractivity contribution >= 4 is 0 Å². The summed E-state index contributed by atoms with van der Waals surface area (Å²) in [6.07, 6.45) is 7.59. The lowest BCUT2D eigenvalue weighted by molar-refractivity contribution is 0.111. The zero-order chi connectivity index (χ0) is 9.80. The van der Waals surface area contributed by atoms with Gasteiger partial charge in [0.25, 0.3) is 0 Å². The van der Waals surface area contributed by atoms with Gasteiger partial charge in [-0.3, -0.25) is 0 Å². The molecule has 14 heavy (non-hydrogen) atoms. The Morgan fingerprint density at radius 1 is 1.57 bits per heavy atom. The molecule has 2 atom stereocenters. The summed E-state index contributed by atoms with van der Waals surface area (Å²) in [5, 5.41) is 12.9. The number of aromatic amines is 1. The minimum absolute atomic E-state index is 0.113. The van der Waals surface area contributed by atoms with Crippen LogP contribution in [0.1, 0.15) is 31.5 Å². The highest BCUT2D eigenvalue weighted by Crippen LogP contribution is 2.18. The summed E-state index contributed by atoms with van der Waals surface area (Å²) < 4.78 is 0. The molecule has 1 heterocycles. The van der Waals surface area contributed by atoms with Gasteiger partial charge in [0.15, 0.2) is 0 Å². The Hall–Kier alpha value is -0.870. The number of imidazole rings is 1. The van der Waals surface area contributed by atoms with Crippen molar-refractivity contribution in [2.45, 2.75) is 44.4 Å². The third-order valence-electron chi connectivity index (χ3n) is 2.76. The first-order valence-electron chi connectivity index (χ1n) is 5.24. The van der Waals surface area contributed by atoms with E-state index in [1.165, 1.54) is 0 Å². The Balaban J connectivity index is 1.75. The van der Waals surface area contributed by atoms with E-state index in [1.54, 1.807) is 6.20 Å². The lowest BCUT2D eigenvalue weighted by Gasteiger charge is -2.26. The molecule has 2 rings (SSSR count). The van der Waals surface area contributed by atoms with Crippen LogP contribution >= 0.6 is 0 Å². The third-order valence-corrected chi connectivity index (χ3v) is 2.76.